The van der Waals surface area contributed by atoms with Crippen molar-refractivity contribution in [3.63, 3.8) is 0 Å². The van der Waals surface area contributed by atoms with Crippen molar-refractivity contribution in [2.75, 3.05) is 32.7 Å². The van der Waals surface area contributed by atoms with Gasteiger partial charge in [0, 0.05) is 50.4 Å². The van der Waals surface area contributed by atoms with E-state index >= 15 is 0 Å². The molecule has 4 atom stereocenters. The number of carboxylic acid groups (broad SMARTS) is 1. The summed E-state index contributed by atoms with van der Waals surface area (Å²) >= 11 is 0. The highest BCUT2D eigenvalue weighted by Crippen LogP contribution is 2.33. The smallest absolute Gasteiger partial charge is 0.346 e. The molecule has 1 unspecified atom stereocenters. The monoisotopic (exact) mass is 493 g/mol. The van der Waals surface area contributed by atoms with Gasteiger partial charge in [0.25, 0.3) is 5.91 Å². The van der Waals surface area contributed by atoms with Gasteiger partial charge in [0.15, 0.2) is 0 Å². The molecule has 194 valence electrons. The summed E-state index contributed by atoms with van der Waals surface area (Å²) < 4.78 is 6.11. The maximum atomic E-state index is 12.8. The van der Waals surface area contributed by atoms with Gasteiger partial charge in [0.1, 0.15) is 5.75 Å². The molecule has 0 aliphatic carbocycles. The van der Waals surface area contributed by atoms with Gasteiger partial charge in [-0.3, -0.25) is 14.6 Å². The Morgan fingerprint density at radius 3 is 2.25 bits per heavy atom. The highest BCUT2D eigenvalue weighted by atomic mass is 16.5. The van der Waals surface area contributed by atoms with Crippen LogP contribution in [0.3, 0.4) is 0 Å². The molecule has 2 aromatic carbocycles. The molecule has 2 aromatic rings. The molecule has 0 saturated carbocycles. The number of ether oxygens (including phenoxy) is 1. The van der Waals surface area contributed by atoms with Crippen molar-refractivity contribution >= 4 is 11.9 Å². The normalized spacial score (nSPS) is 20.3. The highest BCUT2D eigenvalue weighted by Gasteiger charge is 2.41. The molecular weight excluding hydrogens is 454 g/mol. The van der Waals surface area contributed by atoms with Crippen molar-refractivity contribution in [3.8, 4) is 5.75 Å². The molecule has 0 radical (unpaired) electrons. The first-order valence-electron chi connectivity index (χ1n) is 12.7. The van der Waals surface area contributed by atoms with E-state index in [-0.39, 0.29) is 18.0 Å². The number of carbonyl (C=O) groups excluding carboxylic acids is 1. The fourth-order valence-electron chi connectivity index (χ4n) is 4.98. The minimum atomic E-state index is -1.13. The lowest BCUT2D eigenvalue weighted by atomic mass is 9.94. The van der Waals surface area contributed by atoms with E-state index < -0.39 is 18.1 Å². The Morgan fingerprint density at radius 1 is 1.06 bits per heavy atom. The van der Waals surface area contributed by atoms with Crippen molar-refractivity contribution in [1.29, 1.82) is 0 Å². The van der Waals surface area contributed by atoms with Gasteiger partial charge in [-0.2, -0.15) is 0 Å². The Balaban J connectivity index is 2.00. The number of carboxylic acids is 1. The summed E-state index contributed by atoms with van der Waals surface area (Å²) in [4.78, 5) is 31.8. The van der Waals surface area contributed by atoms with Crippen LogP contribution in [0, 0.1) is 0 Å². The molecule has 1 amide bonds. The first-order chi connectivity index (χ1) is 17.3. The van der Waals surface area contributed by atoms with E-state index in [9.17, 15) is 14.7 Å². The van der Waals surface area contributed by atoms with Gasteiger partial charge in [-0.15, -0.1) is 6.58 Å². The fraction of sp³-hybridized carbons (Fsp3) is 0.448. The number of benzene rings is 2. The van der Waals surface area contributed by atoms with Gasteiger partial charge < -0.3 is 14.7 Å². The second kappa shape index (κ2) is 12.7. The van der Waals surface area contributed by atoms with Gasteiger partial charge >= 0.3 is 5.97 Å². The minimum absolute atomic E-state index is 0.0292. The van der Waals surface area contributed by atoms with Crippen LogP contribution in [-0.4, -0.2) is 82.6 Å². The third kappa shape index (κ3) is 6.33. The molecular formula is C29H39N3O4. The predicted molar refractivity (Wildman–Crippen MR) is 142 cm³/mol. The SMILES string of the molecule is C=CCN1C[C@H](C)N(C(c2ccc(C(=O)N(CC)CC)cc2)[C@@H](Oc2ccccc2)C(=O)O)C[C@H]1C. The summed E-state index contributed by atoms with van der Waals surface area (Å²) in [6.07, 6.45) is 0.776. The molecule has 7 heteroatoms. The second-order valence-electron chi connectivity index (χ2n) is 9.37. The predicted octanol–water partition coefficient (Wildman–Crippen LogP) is 4.32. The molecule has 1 aliphatic rings. The van der Waals surface area contributed by atoms with Crippen LogP contribution in [-0.2, 0) is 4.79 Å². The number of para-hydroxylation sites is 1. The lowest BCUT2D eigenvalue weighted by Gasteiger charge is -2.48. The zero-order valence-corrected chi connectivity index (χ0v) is 21.8. The topological polar surface area (TPSA) is 73.3 Å². The van der Waals surface area contributed by atoms with Crippen molar-refractivity contribution in [2.24, 2.45) is 0 Å². The first kappa shape index (κ1) is 27.4. The van der Waals surface area contributed by atoms with Crippen molar-refractivity contribution < 1.29 is 19.4 Å². The number of hydrogen-bond donors (Lipinski definition) is 1. The van der Waals surface area contributed by atoms with Gasteiger partial charge in [-0.1, -0.05) is 36.4 Å². The number of amides is 1. The maximum Gasteiger partial charge on any atom is 0.346 e. The van der Waals surface area contributed by atoms with Gasteiger partial charge in [0.2, 0.25) is 6.10 Å². The number of rotatable bonds is 11. The fourth-order valence-corrected chi connectivity index (χ4v) is 4.98. The molecule has 1 aliphatic heterocycles. The summed E-state index contributed by atoms with van der Waals surface area (Å²) in [6.45, 7) is 15.6. The summed E-state index contributed by atoms with van der Waals surface area (Å²) in [5, 5.41) is 10.3. The molecule has 3 rings (SSSR count). The summed E-state index contributed by atoms with van der Waals surface area (Å²) in [5.74, 6) is -0.548. The summed E-state index contributed by atoms with van der Waals surface area (Å²) in [5.41, 5.74) is 1.40. The van der Waals surface area contributed by atoms with Crippen molar-refractivity contribution in [1.82, 2.24) is 14.7 Å². The van der Waals surface area contributed by atoms with Crippen LogP contribution in [0.5, 0.6) is 5.75 Å². The van der Waals surface area contributed by atoms with Crippen LogP contribution >= 0.6 is 0 Å². The molecule has 1 saturated heterocycles. The summed E-state index contributed by atoms with van der Waals surface area (Å²) in [7, 11) is 0. The maximum absolute atomic E-state index is 12.8. The largest absolute Gasteiger partial charge is 0.478 e. The van der Waals surface area contributed by atoms with Crippen LogP contribution in [0.2, 0.25) is 0 Å². The minimum Gasteiger partial charge on any atom is -0.478 e. The zero-order chi connectivity index (χ0) is 26.2. The van der Waals surface area contributed by atoms with Gasteiger partial charge in [-0.05, 0) is 57.5 Å². The van der Waals surface area contributed by atoms with Crippen LogP contribution in [0.4, 0.5) is 0 Å². The van der Waals surface area contributed by atoms with E-state index in [1.54, 1.807) is 29.2 Å². The van der Waals surface area contributed by atoms with E-state index in [1.165, 1.54) is 0 Å². The van der Waals surface area contributed by atoms with Crippen molar-refractivity contribution in [3.05, 3.63) is 78.4 Å². The third-order valence-electron chi connectivity index (χ3n) is 6.97. The molecule has 1 fully saturated rings. The first-order valence-corrected chi connectivity index (χ1v) is 12.7. The molecule has 1 heterocycles. The Hall–Kier alpha value is -3.16. The zero-order valence-electron chi connectivity index (χ0n) is 21.8. The molecule has 1 N–H and O–H groups in total. The number of carbonyl (C=O) groups is 2. The standard InChI is InChI=1S/C29H39N3O4/c1-6-18-31-19-22(5)32(20-21(31)4)26(27(29(34)35)36-25-12-10-9-11-13-25)23-14-16-24(17-15-23)28(33)30(7-2)8-3/h6,9-17,21-22,26-27H,1,7-8,18-20H2,2-5H3,(H,34,35)/t21-,22+,26?,27-/m1/s1. The quantitative estimate of drug-likeness (QED) is 0.470. The van der Waals surface area contributed by atoms with E-state index in [2.05, 4.69) is 30.2 Å². The van der Waals surface area contributed by atoms with Gasteiger partial charge in [0.05, 0.1) is 6.04 Å². The Labute approximate surface area is 215 Å². The Bertz CT molecular complexity index is 1010. The number of aliphatic carboxylic acids is 1. The summed E-state index contributed by atoms with van der Waals surface area (Å²) in [6, 6.07) is 16.2. The lowest BCUT2D eigenvalue weighted by Crippen LogP contribution is -2.59. The van der Waals surface area contributed by atoms with Crippen LogP contribution in [0.25, 0.3) is 0 Å². The van der Waals surface area contributed by atoms with E-state index in [1.807, 2.05) is 50.3 Å². The number of nitrogens with zero attached hydrogens (tertiary/aromatic N) is 3. The Kier molecular flexibility index (Phi) is 9.67. The average Bonchev–Trinajstić information content (AvgIpc) is 2.88. The molecule has 36 heavy (non-hydrogen) atoms. The molecule has 0 spiro atoms. The molecule has 0 aromatic heterocycles. The van der Waals surface area contributed by atoms with Crippen LogP contribution in [0.15, 0.2) is 67.3 Å². The number of hydrogen-bond acceptors (Lipinski definition) is 5. The Morgan fingerprint density at radius 2 is 1.69 bits per heavy atom. The van der Waals surface area contributed by atoms with E-state index in [0.29, 0.717) is 30.9 Å². The highest BCUT2D eigenvalue weighted by molar-refractivity contribution is 5.94. The van der Waals surface area contributed by atoms with Crippen LogP contribution in [0.1, 0.15) is 49.7 Å². The molecule has 0 bridgehead atoms. The third-order valence-corrected chi connectivity index (χ3v) is 6.97. The second-order valence-corrected chi connectivity index (χ2v) is 9.37. The van der Waals surface area contributed by atoms with E-state index in [4.69, 9.17) is 4.74 Å². The van der Waals surface area contributed by atoms with E-state index in [0.717, 1.165) is 18.7 Å². The van der Waals surface area contributed by atoms with Crippen LogP contribution < -0.4 is 4.74 Å². The van der Waals surface area contributed by atoms with Gasteiger partial charge in [-0.25, -0.2) is 4.79 Å². The number of piperazine rings is 1. The van der Waals surface area contributed by atoms with Crippen molar-refractivity contribution in [2.45, 2.75) is 51.9 Å². The average molecular weight is 494 g/mol. The lowest BCUT2D eigenvalue weighted by molar-refractivity contribution is -0.150. The molecule has 7 nitrogen and oxygen atoms in total.